The predicted molar refractivity (Wildman–Crippen MR) is 62.6 cm³/mol. The number of nitrogens with one attached hydrogen (secondary N) is 1. The van der Waals surface area contributed by atoms with Crippen LogP contribution < -0.4 is 5.32 Å². The largest absolute Gasteiger partial charge is 0.310 e. The molecule has 1 aromatic rings. The van der Waals surface area contributed by atoms with E-state index in [1.54, 1.807) is 11.3 Å². The summed E-state index contributed by atoms with van der Waals surface area (Å²) in [6.45, 7) is 3.43. The summed E-state index contributed by atoms with van der Waals surface area (Å²) in [5.41, 5.74) is 1.44. The Morgan fingerprint density at radius 3 is 3.00 bits per heavy atom. The topological polar surface area (TPSA) is 12.0 Å². The highest BCUT2D eigenvalue weighted by molar-refractivity contribution is 7.07. The molecule has 1 heterocycles. The van der Waals surface area contributed by atoms with Crippen LogP contribution in [0.5, 0.6) is 0 Å². The van der Waals surface area contributed by atoms with E-state index in [1.807, 2.05) is 0 Å². The van der Waals surface area contributed by atoms with Gasteiger partial charge in [-0.25, -0.2) is 0 Å². The van der Waals surface area contributed by atoms with E-state index in [0.29, 0.717) is 0 Å². The molecule has 1 saturated carbocycles. The van der Waals surface area contributed by atoms with Gasteiger partial charge in [-0.15, -0.1) is 0 Å². The Hall–Kier alpha value is -0.340. The van der Waals surface area contributed by atoms with Gasteiger partial charge < -0.3 is 5.32 Å². The van der Waals surface area contributed by atoms with E-state index in [1.165, 1.54) is 31.2 Å². The van der Waals surface area contributed by atoms with Gasteiger partial charge in [-0.1, -0.05) is 19.8 Å². The molecule has 1 N–H and O–H groups in total. The second kappa shape index (κ2) is 4.94. The van der Waals surface area contributed by atoms with Crippen LogP contribution in [0.3, 0.4) is 0 Å². The van der Waals surface area contributed by atoms with E-state index in [2.05, 4.69) is 29.1 Å². The number of rotatable bonds is 3. The molecule has 1 nitrogen and oxygen atoms in total. The maximum absolute atomic E-state index is 3.68. The minimum absolute atomic E-state index is 0.753. The average Bonchev–Trinajstić information content (AvgIpc) is 2.69. The maximum Gasteiger partial charge on any atom is 0.0216 e. The zero-order chi connectivity index (χ0) is 9.80. The van der Waals surface area contributed by atoms with Crippen molar-refractivity contribution in [2.75, 3.05) is 0 Å². The molecule has 0 spiro atoms. The lowest BCUT2D eigenvalue weighted by Crippen LogP contribution is -2.36. The Morgan fingerprint density at radius 1 is 1.43 bits per heavy atom. The molecule has 14 heavy (non-hydrogen) atoms. The SMILES string of the molecule is C[C@H]1CCCC[C@@H]1NCc1ccsc1. The highest BCUT2D eigenvalue weighted by atomic mass is 32.1. The minimum atomic E-state index is 0.753. The summed E-state index contributed by atoms with van der Waals surface area (Å²) in [6, 6.07) is 2.97. The fourth-order valence-corrected chi connectivity index (χ4v) is 2.93. The molecule has 1 aliphatic carbocycles. The van der Waals surface area contributed by atoms with Gasteiger partial charge in [0.2, 0.25) is 0 Å². The summed E-state index contributed by atoms with van der Waals surface area (Å²) < 4.78 is 0. The Labute approximate surface area is 90.5 Å². The van der Waals surface area contributed by atoms with Gasteiger partial charge in [0.25, 0.3) is 0 Å². The average molecular weight is 209 g/mol. The Balaban J connectivity index is 1.79. The standard InChI is InChI=1S/C12H19NS/c1-10-4-2-3-5-12(10)13-8-11-6-7-14-9-11/h6-7,9-10,12-13H,2-5,8H2,1H3/t10-,12-/m0/s1. The quantitative estimate of drug-likeness (QED) is 0.804. The number of hydrogen-bond donors (Lipinski definition) is 1. The van der Waals surface area contributed by atoms with Gasteiger partial charge >= 0.3 is 0 Å². The third-order valence-corrected chi connectivity index (χ3v) is 3.99. The van der Waals surface area contributed by atoms with Crippen molar-refractivity contribution in [3.63, 3.8) is 0 Å². The zero-order valence-corrected chi connectivity index (χ0v) is 9.65. The van der Waals surface area contributed by atoms with Gasteiger partial charge in [-0.05, 0) is 41.1 Å². The third-order valence-electron chi connectivity index (χ3n) is 3.26. The van der Waals surface area contributed by atoms with Gasteiger partial charge in [0, 0.05) is 12.6 Å². The van der Waals surface area contributed by atoms with Crippen LogP contribution in [-0.4, -0.2) is 6.04 Å². The van der Waals surface area contributed by atoms with Crippen LogP contribution in [0.2, 0.25) is 0 Å². The normalized spacial score (nSPS) is 27.8. The molecule has 0 aromatic carbocycles. The first-order chi connectivity index (χ1) is 6.86. The minimum Gasteiger partial charge on any atom is -0.310 e. The van der Waals surface area contributed by atoms with E-state index in [-0.39, 0.29) is 0 Å². The van der Waals surface area contributed by atoms with E-state index in [0.717, 1.165) is 18.5 Å². The van der Waals surface area contributed by atoms with Crippen molar-refractivity contribution in [2.45, 2.75) is 45.2 Å². The van der Waals surface area contributed by atoms with Crippen molar-refractivity contribution in [3.05, 3.63) is 22.4 Å². The van der Waals surface area contributed by atoms with E-state index in [4.69, 9.17) is 0 Å². The van der Waals surface area contributed by atoms with Crippen molar-refractivity contribution in [2.24, 2.45) is 5.92 Å². The Kier molecular flexibility index (Phi) is 3.60. The summed E-state index contributed by atoms with van der Waals surface area (Å²) in [5, 5.41) is 8.07. The fraction of sp³-hybridized carbons (Fsp3) is 0.667. The van der Waals surface area contributed by atoms with Crippen LogP contribution in [0.15, 0.2) is 16.8 Å². The molecule has 1 aliphatic rings. The Bertz CT molecular complexity index is 255. The first kappa shape index (κ1) is 10.2. The molecular formula is C12H19NS. The molecular weight excluding hydrogens is 190 g/mol. The molecule has 2 atom stereocenters. The molecule has 1 fully saturated rings. The van der Waals surface area contributed by atoms with Crippen LogP contribution in [0.25, 0.3) is 0 Å². The van der Waals surface area contributed by atoms with Gasteiger partial charge in [0.1, 0.15) is 0 Å². The van der Waals surface area contributed by atoms with Crippen molar-refractivity contribution < 1.29 is 0 Å². The van der Waals surface area contributed by atoms with E-state index in [9.17, 15) is 0 Å². The van der Waals surface area contributed by atoms with E-state index >= 15 is 0 Å². The molecule has 0 saturated heterocycles. The van der Waals surface area contributed by atoms with Crippen LogP contribution in [0, 0.1) is 5.92 Å². The Morgan fingerprint density at radius 2 is 2.29 bits per heavy atom. The van der Waals surface area contributed by atoms with Crippen molar-refractivity contribution in [3.8, 4) is 0 Å². The summed E-state index contributed by atoms with van der Waals surface area (Å²) in [7, 11) is 0. The highest BCUT2D eigenvalue weighted by Gasteiger charge is 2.20. The first-order valence-corrected chi connectivity index (χ1v) is 6.55. The van der Waals surface area contributed by atoms with Crippen LogP contribution >= 0.6 is 11.3 Å². The summed E-state index contributed by atoms with van der Waals surface area (Å²) in [5.74, 6) is 0.863. The molecule has 0 amide bonds. The van der Waals surface area contributed by atoms with Crippen LogP contribution in [-0.2, 0) is 6.54 Å². The van der Waals surface area contributed by atoms with Crippen molar-refractivity contribution in [1.29, 1.82) is 0 Å². The highest BCUT2D eigenvalue weighted by Crippen LogP contribution is 2.24. The lowest BCUT2D eigenvalue weighted by molar-refractivity contribution is 0.279. The van der Waals surface area contributed by atoms with Gasteiger partial charge in [-0.2, -0.15) is 11.3 Å². The molecule has 0 bridgehead atoms. The second-order valence-electron chi connectivity index (χ2n) is 4.38. The second-order valence-corrected chi connectivity index (χ2v) is 5.16. The lowest BCUT2D eigenvalue weighted by Gasteiger charge is -2.29. The van der Waals surface area contributed by atoms with Crippen molar-refractivity contribution >= 4 is 11.3 Å². The summed E-state index contributed by atoms with van der Waals surface area (Å²) in [6.07, 6.45) is 5.61. The first-order valence-electron chi connectivity index (χ1n) is 5.61. The fourth-order valence-electron chi connectivity index (χ4n) is 2.26. The van der Waals surface area contributed by atoms with Crippen molar-refractivity contribution in [1.82, 2.24) is 5.32 Å². The van der Waals surface area contributed by atoms with E-state index < -0.39 is 0 Å². The molecule has 0 unspecified atom stereocenters. The molecule has 0 radical (unpaired) electrons. The van der Waals surface area contributed by atoms with Crippen LogP contribution in [0.1, 0.15) is 38.2 Å². The van der Waals surface area contributed by atoms with Gasteiger partial charge in [0.15, 0.2) is 0 Å². The zero-order valence-electron chi connectivity index (χ0n) is 8.83. The molecule has 2 rings (SSSR count). The lowest BCUT2D eigenvalue weighted by atomic mass is 9.86. The number of hydrogen-bond acceptors (Lipinski definition) is 2. The molecule has 0 aliphatic heterocycles. The molecule has 2 heteroatoms. The van der Waals surface area contributed by atoms with Crippen LogP contribution in [0.4, 0.5) is 0 Å². The smallest absolute Gasteiger partial charge is 0.0216 e. The molecule has 78 valence electrons. The third kappa shape index (κ3) is 2.58. The monoisotopic (exact) mass is 209 g/mol. The van der Waals surface area contributed by atoms with Gasteiger partial charge in [0.05, 0.1) is 0 Å². The summed E-state index contributed by atoms with van der Waals surface area (Å²) >= 11 is 1.79. The molecule has 1 aromatic heterocycles. The summed E-state index contributed by atoms with van der Waals surface area (Å²) in [4.78, 5) is 0. The maximum atomic E-state index is 3.68. The number of thiophene rings is 1. The van der Waals surface area contributed by atoms with Gasteiger partial charge in [-0.3, -0.25) is 0 Å². The predicted octanol–water partition coefficient (Wildman–Crippen LogP) is 3.42.